The van der Waals surface area contributed by atoms with Crippen LogP contribution in [0.3, 0.4) is 0 Å². The smallest absolute Gasteiger partial charge is 0.0632 e. The zero-order valence-electron chi connectivity index (χ0n) is 22.2. The minimum atomic E-state index is -0.461. The van der Waals surface area contributed by atoms with Crippen molar-refractivity contribution in [1.29, 1.82) is 0 Å². The normalized spacial score (nSPS) is 52.4. The molecule has 0 bridgehead atoms. The van der Waals surface area contributed by atoms with Crippen LogP contribution < -0.4 is 0 Å². The molecule has 3 N–H and O–H groups in total. The first kappa shape index (κ1) is 24.1. The number of allylic oxidation sites excluding steroid dienone is 4. The lowest BCUT2D eigenvalue weighted by Gasteiger charge is -2.69. The van der Waals surface area contributed by atoms with E-state index in [1.165, 1.54) is 5.57 Å². The Bertz CT molecular complexity index is 898. The summed E-state index contributed by atoms with van der Waals surface area (Å²) in [6.45, 7) is 16.8. The monoisotopic (exact) mass is 456 g/mol. The molecule has 0 radical (unpaired) electrons. The third kappa shape index (κ3) is 2.85. The van der Waals surface area contributed by atoms with Crippen LogP contribution in [0.25, 0.3) is 0 Å². The Morgan fingerprint density at radius 2 is 1.48 bits per heavy atom. The third-order valence-electron chi connectivity index (χ3n) is 12.5. The van der Waals surface area contributed by atoms with Crippen LogP contribution in [-0.2, 0) is 0 Å². The van der Waals surface area contributed by atoms with Gasteiger partial charge >= 0.3 is 0 Å². The lowest BCUT2D eigenvalue weighted by atomic mass is 9.35. The zero-order valence-corrected chi connectivity index (χ0v) is 22.2. The fraction of sp³-hybridized carbons (Fsp3) is 0.867. The van der Waals surface area contributed by atoms with E-state index >= 15 is 0 Å². The van der Waals surface area contributed by atoms with Gasteiger partial charge in [0, 0.05) is 10.8 Å². The molecule has 0 aliphatic heterocycles. The highest BCUT2D eigenvalue weighted by molar-refractivity contribution is 5.46. The molecule has 4 fully saturated rings. The lowest BCUT2D eigenvalue weighted by molar-refractivity contribution is -0.162. The standard InChI is InChI=1S/C30H48O3/c1-25(2)14-15-30(18-31)20(16-25)19-8-9-22-27(5)12-11-23(32)26(3,4)21(27)10-13-28(22,6)29(19,7)17-24(30)33/h8-9,20-21,23-24,31-33H,10-18H2,1-7H3/t20-,21+,23-,24-,27-,28+,29+,30+/m0/s1. The highest BCUT2D eigenvalue weighted by Gasteiger charge is 2.67. The van der Waals surface area contributed by atoms with Gasteiger partial charge in [-0.3, -0.25) is 0 Å². The van der Waals surface area contributed by atoms with Crippen LogP contribution in [0, 0.1) is 44.3 Å². The van der Waals surface area contributed by atoms with Crippen molar-refractivity contribution in [3.05, 3.63) is 23.3 Å². The van der Waals surface area contributed by atoms with Gasteiger partial charge in [-0.15, -0.1) is 0 Å². The number of rotatable bonds is 1. The number of hydrogen-bond acceptors (Lipinski definition) is 3. The second-order valence-corrected chi connectivity index (χ2v) is 14.8. The van der Waals surface area contributed by atoms with E-state index in [9.17, 15) is 15.3 Å². The van der Waals surface area contributed by atoms with E-state index in [2.05, 4.69) is 60.6 Å². The Kier molecular flexibility index (Phi) is 5.09. The average Bonchev–Trinajstić information content (AvgIpc) is 2.71. The molecule has 4 saturated carbocycles. The molecule has 8 atom stereocenters. The summed E-state index contributed by atoms with van der Waals surface area (Å²) < 4.78 is 0. The second kappa shape index (κ2) is 6.98. The summed E-state index contributed by atoms with van der Waals surface area (Å²) in [6.07, 6.45) is 12.2. The second-order valence-electron chi connectivity index (χ2n) is 14.8. The highest BCUT2D eigenvalue weighted by Crippen LogP contribution is 2.74. The van der Waals surface area contributed by atoms with Crippen molar-refractivity contribution in [1.82, 2.24) is 0 Å². The molecule has 0 heterocycles. The minimum Gasteiger partial charge on any atom is -0.396 e. The quantitative estimate of drug-likeness (QED) is 0.451. The van der Waals surface area contributed by atoms with Gasteiger partial charge in [0.1, 0.15) is 0 Å². The van der Waals surface area contributed by atoms with Crippen molar-refractivity contribution in [2.75, 3.05) is 6.61 Å². The predicted octanol–water partition coefficient (Wildman–Crippen LogP) is 6.03. The van der Waals surface area contributed by atoms with Crippen molar-refractivity contribution >= 4 is 0 Å². The van der Waals surface area contributed by atoms with Gasteiger partial charge in [-0.25, -0.2) is 0 Å². The van der Waals surface area contributed by atoms with E-state index in [4.69, 9.17) is 0 Å². The predicted molar refractivity (Wildman–Crippen MR) is 133 cm³/mol. The molecule has 0 spiro atoms. The summed E-state index contributed by atoms with van der Waals surface area (Å²) >= 11 is 0. The van der Waals surface area contributed by atoms with Crippen molar-refractivity contribution in [3.8, 4) is 0 Å². The third-order valence-corrected chi connectivity index (χ3v) is 12.5. The Morgan fingerprint density at radius 3 is 2.15 bits per heavy atom. The first-order valence-corrected chi connectivity index (χ1v) is 13.6. The first-order chi connectivity index (χ1) is 15.2. The Labute approximate surface area is 201 Å². The molecule has 0 unspecified atom stereocenters. The molecule has 0 aromatic rings. The van der Waals surface area contributed by atoms with Crippen LogP contribution in [0.4, 0.5) is 0 Å². The zero-order chi connectivity index (χ0) is 24.2. The maximum Gasteiger partial charge on any atom is 0.0632 e. The molecule has 3 heteroatoms. The maximum atomic E-state index is 11.7. The molecule has 5 aliphatic carbocycles. The number of aliphatic hydroxyl groups excluding tert-OH is 3. The molecule has 0 saturated heterocycles. The molecule has 3 nitrogen and oxygen atoms in total. The first-order valence-electron chi connectivity index (χ1n) is 13.6. The molecular formula is C30H48O3. The van der Waals surface area contributed by atoms with E-state index in [1.807, 2.05) is 0 Å². The Balaban J connectivity index is 1.66. The number of fused-ring (bicyclic) bond motifs is 7. The summed E-state index contributed by atoms with van der Waals surface area (Å²) in [7, 11) is 0. The summed E-state index contributed by atoms with van der Waals surface area (Å²) in [5, 5.41) is 33.2. The van der Waals surface area contributed by atoms with E-state index in [0.717, 1.165) is 51.4 Å². The van der Waals surface area contributed by atoms with Crippen molar-refractivity contribution < 1.29 is 15.3 Å². The van der Waals surface area contributed by atoms with Crippen molar-refractivity contribution in [2.45, 2.75) is 112 Å². The van der Waals surface area contributed by atoms with E-state index in [1.54, 1.807) is 5.57 Å². The summed E-state index contributed by atoms with van der Waals surface area (Å²) in [5.74, 6) is 0.718. The number of aliphatic hydroxyl groups is 3. The largest absolute Gasteiger partial charge is 0.396 e. The molecular weight excluding hydrogens is 408 g/mol. The van der Waals surface area contributed by atoms with Crippen LogP contribution in [0.2, 0.25) is 0 Å². The van der Waals surface area contributed by atoms with Gasteiger partial charge in [0.05, 0.1) is 18.8 Å². The van der Waals surface area contributed by atoms with Crippen LogP contribution in [0.1, 0.15) is 99.8 Å². The molecule has 186 valence electrons. The fourth-order valence-electron chi connectivity index (χ4n) is 10.0. The maximum absolute atomic E-state index is 11.7. The molecule has 0 amide bonds. The van der Waals surface area contributed by atoms with Crippen LogP contribution in [0.15, 0.2) is 23.3 Å². The summed E-state index contributed by atoms with van der Waals surface area (Å²) in [4.78, 5) is 0. The molecule has 0 aromatic heterocycles. The van der Waals surface area contributed by atoms with Gasteiger partial charge in [-0.1, -0.05) is 71.8 Å². The summed E-state index contributed by atoms with van der Waals surface area (Å²) in [6, 6.07) is 0. The van der Waals surface area contributed by atoms with Gasteiger partial charge < -0.3 is 15.3 Å². The van der Waals surface area contributed by atoms with Crippen molar-refractivity contribution in [3.63, 3.8) is 0 Å². The summed E-state index contributed by atoms with van der Waals surface area (Å²) in [5.41, 5.74) is 2.83. The topological polar surface area (TPSA) is 60.7 Å². The molecule has 5 rings (SSSR count). The Hall–Kier alpha value is -0.640. The van der Waals surface area contributed by atoms with Gasteiger partial charge in [0.25, 0.3) is 0 Å². The van der Waals surface area contributed by atoms with Crippen LogP contribution in [0.5, 0.6) is 0 Å². The van der Waals surface area contributed by atoms with E-state index in [-0.39, 0.29) is 51.1 Å². The van der Waals surface area contributed by atoms with Gasteiger partial charge in [0.2, 0.25) is 0 Å². The van der Waals surface area contributed by atoms with Crippen LogP contribution in [-0.4, -0.2) is 34.1 Å². The molecule has 5 aliphatic rings. The minimum absolute atomic E-state index is 0.00485. The van der Waals surface area contributed by atoms with E-state index in [0.29, 0.717) is 5.92 Å². The van der Waals surface area contributed by atoms with Gasteiger partial charge in [0.15, 0.2) is 0 Å². The molecule has 0 aromatic carbocycles. The number of hydrogen-bond donors (Lipinski definition) is 3. The van der Waals surface area contributed by atoms with Gasteiger partial charge in [-0.05, 0) is 84.9 Å². The average molecular weight is 457 g/mol. The van der Waals surface area contributed by atoms with Crippen LogP contribution >= 0.6 is 0 Å². The Morgan fingerprint density at radius 1 is 0.788 bits per heavy atom. The SMILES string of the molecule is CC1(C)CC[C@]2(CO)[C@@H](O)C[C@]3(C)C(=CC=C4[C@@]5(C)CC[C@H](O)C(C)(C)[C@H]5CC[C@]43C)[C@@H]2C1. The lowest BCUT2D eigenvalue weighted by Crippen LogP contribution is -2.64. The van der Waals surface area contributed by atoms with E-state index < -0.39 is 6.10 Å². The molecule has 33 heavy (non-hydrogen) atoms. The van der Waals surface area contributed by atoms with Crippen molar-refractivity contribution in [2.24, 2.45) is 44.3 Å². The highest BCUT2D eigenvalue weighted by atomic mass is 16.3. The fourth-order valence-corrected chi connectivity index (χ4v) is 10.0. The van der Waals surface area contributed by atoms with Gasteiger partial charge in [-0.2, -0.15) is 0 Å².